The highest BCUT2D eigenvalue weighted by Gasteiger charge is 2.40. The predicted molar refractivity (Wildman–Crippen MR) is 78.2 cm³/mol. The second kappa shape index (κ2) is 5.63. The number of rotatable bonds is 3. The Balaban J connectivity index is 2.32. The molecular formula is C12H13BrClNO4S. The van der Waals surface area contributed by atoms with Gasteiger partial charge in [0.25, 0.3) is 0 Å². The van der Waals surface area contributed by atoms with Crippen LogP contribution in [0.15, 0.2) is 27.6 Å². The number of carboxylic acid groups (broad SMARTS) is 1. The molecular weight excluding hydrogens is 370 g/mol. The molecule has 1 heterocycles. The Morgan fingerprint density at radius 3 is 2.60 bits per heavy atom. The molecule has 2 unspecified atom stereocenters. The summed E-state index contributed by atoms with van der Waals surface area (Å²) in [6.45, 7) is 1.95. The monoisotopic (exact) mass is 381 g/mol. The van der Waals surface area contributed by atoms with Gasteiger partial charge in [0.15, 0.2) is 0 Å². The molecule has 1 aliphatic rings. The van der Waals surface area contributed by atoms with E-state index in [4.69, 9.17) is 16.7 Å². The summed E-state index contributed by atoms with van der Waals surface area (Å²) in [5.41, 5.74) is 0. The fourth-order valence-corrected chi connectivity index (χ4v) is 4.47. The van der Waals surface area contributed by atoms with Gasteiger partial charge >= 0.3 is 5.97 Å². The molecule has 0 bridgehead atoms. The summed E-state index contributed by atoms with van der Waals surface area (Å²) in [5.74, 6) is -1.84. The molecule has 1 aromatic rings. The summed E-state index contributed by atoms with van der Waals surface area (Å²) in [4.78, 5) is 11.2. The summed E-state index contributed by atoms with van der Waals surface area (Å²) < 4.78 is 26.7. The molecule has 0 radical (unpaired) electrons. The van der Waals surface area contributed by atoms with Gasteiger partial charge in [-0.1, -0.05) is 18.5 Å². The zero-order valence-corrected chi connectivity index (χ0v) is 13.7. The molecule has 1 aliphatic heterocycles. The van der Waals surface area contributed by atoms with Gasteiger partial charge in [-0.05, 0) is 40.0 Å². The van der Waals surface area contributed by atoms with Crippen LogP contribution in [0.5, 0.6) is 0 Å². The van der Waals surface area contributed by atoms with Crippen molar-refractivity contribution in [2.75, 3.05) is 13.1 Å². The highest BCUT2D eigenvalue weighted by atomic mass is 79.9. The molecule has 1 N–H and O–H groups in total. The van der Waals surface area contributed by atoms with Gasteiger partial charge < -0.3 is 5.11 Å². The summed E-state index contributed by atoms with van der Waals surface area (Å²) in [6.07, 6.45) is 0. The third-order valence-electron chi connectivity index (χ3n) is 3.42. The van der Waals surface area contributed by atoms with Crippen LogP contribution in [-0.4, -0.2) is 36.9 Å². The smallest absolute Gasteiger partial charge is 0.308 e. The van der Waals surface area contributed by atoms with E-state index in [0.29, 0.717) is 9.50 Å². The Morgan fingerprint density at radius 1 is 1.45 bits per heavy atom. The molecule has 110 valence electrons. The van der Waals surface area contributed by atoms with Crippen molar-refractivity contribution in [3.05, 3.63) is 27.7 Å². The first-order chi connectivity index (χ1) is 9.23. The first kappa shape index (κ1) is 15.8. The van der Waals surface area contributed by atoms with Crippen LogP contribution in [0.25, 0.3) is 0 Å². The van der Waals surface area contributed by atoms with Crippen LogP contribution < -0.4 is 0 Å². The second-order valence-corrected chi connectivity index (χ2v) is 8.02. The van der Waals surface area contributed by atoms with Gasteiger partial charge in [0.2, 0.25) is 10.0 Å². The van der Waals surface area contributed by atoms with Crippen molar-refractivity contribution in [2.45, 2.75) is 11.8 Å². The Kier molecular flexibility index (Phi) is 4.44. The molecule has 1 fully saturated rings. The zero-order chi connectivity index (χ0) is 15.1. The van der Waals surface area contributed by atoms with Crippen molar-refractivity contribution < 1.29 is 18.3 Å². The molecule has 0 amide bonds. The van der Waals surface area contributed by atoms with E-state index in [1.54, 1.807) is 6.92 Å². The van der Waals surface area contributed by atoms with Gasteiger partial charge in [-0.3, -0.25) is 4.79 Å². The van der Waals surface area contributed by atoms with E-state index in [2.05, 4.69) is 15.9 Å². The number of carboxylic acids is 1. The summed E-state index contributed by atoms with van der Waals surface area (Å²) in [7, 11) is -3.70. The highest BCUT2D eigenvalue weighted by Crippen LogP contribution is 2.31. The van der Waals surface area contributed by atoms with Crippen LogP contribution >= 0.6 is 27.5 Å². The number of aliphatic carboxylic acids is 1. The quantitative estimate of drug-likeness (QED) is 0.871. The van der Waals surface area contributed by atoms with Crippen LogP contribution in [-0.2, 0) is 14.8 Å². The molecule has 0 spiro atoms. The maximum Gasteiger partial charge on any atom is 0.308 e. The summed E-state index contributed by atoms with van der Waals surface area (Å²) in [6, 6.07) is 4.34. The van der Waals surface area contributed by atoms with E-state index in [-0.39, 0.29) is 23.9 Å². The first-order valence-electron chi connectivity index (χ1n) is 5.91. The lowest BCUT2D eigenvalue weighted by atomic mass is 9.99. The van der Waals surface area contributed by atoms with Crippen molar-refractivity contribution in [1.29, 1.82) is 0 Å². The van der Waals surface area contributed by atoms with E-state index >= 15 is 0 Å². The molecule has 8 heteroatoms. The van der Waals surface area contributed by atoms with Crippen molar-refractivity contribution in [1.82, 2.24) is 4.31 Å². The number of carbonyl (C=O) groups is 1. The minimum Gasteiger partial charge on any atom is -0.481 e. The van der Waals surface area contributed by atoms with Crippen molar-refractivity contribution in [3.8, 4) is 0 Å². The Labute approximate surface area is 130 Å². The predicted octanol–water partition coefficient (Wildman–Crippen LogP) is 2.44. The fraction of sp³-hybridized carbons (Fsp3) is 0.417. The summed E-state index contributed by atoms with van der Waals surface area (Å²) in [5, 5.41) is 9.49. The van der Waals surface area contributed by atoms with Gasteiger partial charge in [-0.2, -0.15) is 4.31 Å². The van der Waals surface area contributed by atoms with Crippen LogP contribution in [0.3, 0.4) is 0 Å². The number of sulfonamides is 1. The lowest BCUT2D eigenvalue weighted by Gasteiger charge is -2.16. The lowest BCUT2D eigenvalue weighted by Crippen LogP contribution is -2.30. The molecule has 1 aromatic carbocycles. The average molecular weight is 383 g/mol. The molecule has 0 aromatic heterocycles. The van der Waals surface area contributed by atoms with Crippen molar-refractivity contribution in [2.24, 2.45) is 11.8 Å². The van der Waals surface area contributed by atoms with E-state index in [1.165, 1.54) is 22.5 Å². The third kappa shape index (κ3) is 2.86. The molecule has 2 atom stereocenters. The van der Waals surface area contributed by atoms with Gasteiger partial charge in [0.1, 0.15) is 0 Å². The van der Waals surface area contributed by atoms with Crippen LogP contribution in [0.4, 0.5) is 0 Å². The fourth-order valence-electron chi connectivity index (χ4n) is 2.23. The van der Waals surface area contributed by atoms with Crippen LogP contribution in [0, 0.1) is 11.8 Å². The van der Waals surface area contributed by atoms with Gasteiger partial charge in [-0.15, -0.1) is 0 Å². The number of benzene rings is 1. The Morgan fingerprint density at radius 2 is 2.10 bits per heavy atom. The van der Waals surface area contributed by atoms with Crippen LogP contribution in [0.1, 0.15) is 6.92 Å². The minimum atomic E-state index is -3.70. The SMILES string of the molecule is CC1CN(S(=O)(=O)c2ccc(Cl)c(Br)c2)CC1C(=O)O. The first-order valence-corrected chi connectivity index (χ1v) is 8.52. The van der Waals surface area contributed by atoms with Gasteiger partial charge in [-0.25, -0.2) is 8.42 Å². The standard InChI is InChI=1S/C12H13BrClNO4S/c1-7-5-15(6-9(7)12(16)17)20(18,19)8-2-3-11(14)10(13)4-8/h2-4,7,9H,5-6H2,1H3,(H,16,17). The van der Waals surface area contributed by atoms with E-state index in [9.17, 15) is 13.2 Å². The van der Waals surface area contributed by atoms with Gasteiger partial charge in [0, 0.05) is 17.6 Å². The Hall–Kier alpha value is -0.630. The summed E-state index contributed by atoms with van der Waals surface area (Å²) >= 11 is 9.03. The second-order valence-electron chi connectivity index (χ2n) is 4.82. The molecule has 0 aliphatic carbocycles. The largest absolute Gasteiger partial charge is 0.481 e. The van der Waals surface area contributed by atoms with Crippen molar-refractivity contribution in [3.63, 3.8) is 0 Å². The number of hydrogen-bond acceptors (Lipinski definition) is 3. The van der Waals surface area contributed by atoms with E-state index in [1.807, 2.05) is 0 Å². The molecule has 5 nitrogen and oxygen atoms in total. The average Bonchev–Trinajstić information content (AvgIpc) is 2.75. The minimum absolute atomic E-state index is 0.000914. The third-order valence-corrected chi connectivity index (χ3v) is 6.47. The number of halogens is 2. The van der Waals surface area contributed by atoms with E-state index < -0.39 is 21.9 Å². The van der Waals surface area contributed by atoms with Crippen molar-refractivity contribution >= 4 is 43.5 Å². The number of nitrogens with zero attached hydrogens (tertiary/aromatic N) is 1. The Bertz CT molecular complexity index is 649. The van der Waals surface area contributed by atoms with Gasteiger partial charge in [0.05, 0.1) is 15.8 Å². The molecule has 20 heavy (non-hydrogen) atoms. The normalized spacial score (nSPS) is 23.9. The topological polar surface area (TPSA) is 74.7 Å². The molecule has 0 saturated carbocycles. The molecule has 1 saturated heterocycles. The zero-order valence-electron chi connectivity index (χ0n) is 10.6. The molecule has 2 rings (SSSR count). The highest BCUT2D eigenvalue weighted by molar-refractivity contribution is 9.10. The lowest BCUT2D eigenvalue weighted by molar-refractivity contribution is -0.142. The van der Waals surface area contributed by atoms with E-state index in [0.717, 1.165) is 0 Å². The number of hydrogen-bond donors (Lipinski definition) is 1. The maximum atomic E-state index is 12.5. The maximum absolute atomic E-state index is 12.5. The van der Waals surface area contributed by atoms with Crippen LogP contribution in [0.2, 0.25) is 5.02 Å².